The van der Waals surface area contributed by atoms with Gasteiger partial charge in [0, 0.05) is 5.56 Å². The maximum atomic E-state index is 8.80. The first-order valence-corrected chi connectivity index (χ1v) is 6.23. The molecule has 1 heterocycles. The Morgan fingerprint density at radius 3 is 2.50 bits per heavy atom. The van der Waals surface area contributed by atoms with Gasteiger partial charge >= 0.3 is 0 Å². The SMILES string of the molecule is N#CCc1ccc(Cl)nc1-c1ccc(Cl)c(Cl)c1. The molecule has 0 amide bonds. The van der Waals surface area contributed by atoms with Crippen molar-refractivity contribution < 1.29 is 0 Å². The molecule has 2 aromatic rings. The van der Waals surface area contributed by atoms with Gasteiger partial charge in [-0.1, -0.05) is 46.9 Å². The predicted molar refractivity (Wildman–Crippen MR) is 74.0 cm³/mol. The molecule has 1 aromatic carbocycles. The normalized spacial score (nSPS) is 10.1. The van der Waals surface area contributed by atoms with Crippen molar-refractivity contribution in [3.05, 3.63) is 51.1 Å². The molecule has 0 unspecified atom stereocenters. The van der Waals surface area contributed by atoms with Crippen LogP contribution in [0.1, 0.15) is 5.56 Å². The molecule has 90 valence electrons. The Morgan fingerprint density at radius 1 is 1.06 bits per heavy atom. The van der Waals surface area contributed by atoms with Crippen LogP contribution in [0, 0.1) is 11.3 Å². The Hall–Kier alpha value is -1.27. The lowest BCUT2D eigenvalue weighted by Crippen LogP contribution is -1.93. The van der Waals surface area contributed by atoms with Gasteiger partial charge in [0.1, 0.15) is 5.15 Å². The van der Waals surface area contributed by atoms with E-state index in [-0.39, 0.29) is 6.42 Å². The zero-order chi connectivity index (χ0) is 13.1. The van der Waals surface area contributed by atoms with Crippen molar-refractivity contribution in [1.82, 2.24) is 4.98 Å². The van der Waals surface area contributed by atoms with E-state index in [1.54, 1.807) is 30.3 Å². The number of aromatic nitrogens is 1. The molecule has 0 aliphatic carbocycles. The second kappa shape index (κ2) is 5.58. The van der Waals surface area contributed by atoms with Gasteiger partial charge < -0.3 is 0 Å². The quantitative estimate of drug-likeness (QED) is 0.748. The smallest absolute Gasteiger partial charge is 0.129 e. The van der Waals surface area contributed by atoms with Crippen LogP contribution >= 0.6 is 34.8 Å². The average molecular weight is 298 g/mol. The number of halogens is 3. The molecule has 0 saturated heterocycles. The van der Waals surface area contributed by atoms with Crippen LogP contribution in [0.5, 0.6) is 0 Å². The predicted octanol–water partition coefficient (Wildman–Crippen LogP) is 4.77. The fourth-order valence-corrected chi connectivity index (χ4v) is 2.03. The molecule has 0 fully saturated rings. The molecule has 2 rings (SSSR count). The third-order valence-corrected chi connectivity index (χ3v) is 3.36. The summed E-state index contributed by atoms with van der Waals surface area (Å²) < 4.78 is 0. The van der Waals surface area contributed by atoms with Gasteiger partial charge in [0.25, 0.3) is 0 Å². The number of hydrogen-bond acceptors (Lipinski definition) is 2. The highest BCUT2D eigenvalue weighted by Gasteiger charge is 2.09. The molecule has 0 aliphatic rings. The minimum absolute atomic E-state index is 0.264. The fraction of sp³-hybridized carbons (Fsp3) is 0.0769. The molecule has 0 N–H and O–H groups in total. The van der Waals surface area contributed by atoms with E-state index in [1.807, 2.05) is 0 Å². The number of rotatable bonds is 2. The maximum Gasteiger partial charge on any atom is 0.129 e. The number of benzene rings is 1. The monoisotopic (exact) mass is 296 g/mol. The largest absolute Gasteiger partial charge is 0.236 e. The lowest BCUT2D eigenvalue weighted by Gasteiger charge is -2.07. The Bertz CT molecular complexity index is 633. The molecular formula is C13H7Cl3N2. The number of pyridine rings is 1. The second-order valence-electron chi connectivity index (χ2n) is 3.61. The summed E-state index contributed by atoms with van der Waals surface area (Å²) >= 11 is 17.7. The van der Waals surface area contributed by atoms with Crippen molar-refractivity contribution in [1.29, 1.82) is 5.26 Å². The summed E-state index contributed by atoms with van der Waals surface area (Å²) in [6, 6.07) is 10.8. The molecule has 18 heavy (non-hydrogen) atoms. The van der Waals surface area contributed by atoms with Gasteiger partial charge in [0.05, 0.1) is 28.2 Å². The van der Waals surface area contributed by atoms with E-state index in [2.05, 4.69) is 11.1 Å². The highest BCUT2D eigenvalue weighted by molar-refractivity contribution is 6.42. The number of nitrogens with zero attached hydrogens (tertiary/aromatic N) is 2. The standard InChI is InChI=1S/C13H7Cl3N2/c14-10-3-1-9(7-11(10)15)13-8(5-6-17)2-4-12(16)18-13/h1-4,7H,5H2. The third-order valence-electron chi connectivity index (χ3n) is 2.41. The van der Waals surface area contributed by atoms with Gasteiger partial charge in [-0.05, 0) is 23.8 Å². The zero-order valence-corrected chi connectivity index (χ0v) is 11.4. The van der Waals surface area contributed by atoms with Crippen molar-refractivity contribution in [2.75, 3.05) is 0 Å². The topological polar surface area (TPSA) is 36.7 Å². The van der Waals surface area contributed by atoms with Crippen LogP contribution < -0.4 is 0 Å². The highest BCUT2D eigenvalue weighted by atomic mass is 35.5. The summed E-state index contributed by atoms with van der Waals surface area (Å²) in [6.45, 7) is 0. The van der Waals surface area contributed by atoms with E-state index in [9.17, 15) is 0 Å². The van der Waals surface area contributed by atoms with Crippen LogP contribution in [0.25, 0.3) is 11.3 Å². The molecule has 0 atom stereocenters. The molecule has 2 nitrogen and oxygen atoms in total. The first kappa shape index (κ1) is 13.2. The summed E-state index contributed by atoms with van der Waals surface area (Å²) in [5, 5.41) is 10.1. The minimum Gasteiger partial charge on any atom is -0.236 e. The molecule has 0 spiro atoms. The number of hydrogen-bond donors (Lipinski definition) is 0. The van der Waals surface area contributed by atoms with Crippen molar-refractivity contribution in [2.24, 2.45) is 0 Å². The Kier molecular flexibility index (Phi) is 4.08. The molecule has 5 heteroatoms. The van der Waals surface area contributed by atoms with Crippen LogP contribution in [0.15, 0.2) is 30.3 Å². The molecular weight excluding hydrogens is 291 g/mol. The molecule has 0 radical (unpaired) electrons. The molecule has 0 saturated carbocycles. The fourth-order valence-electron chi connectivity index (χ4n) is 1.59. The summed E-state index contributed by atoms with van der Waals surface area (Å²) in [5.41, 5.74) is 2.25. The third kappa shape index (κ3) is 2.76. The van der Waals surface area contributed by atoms with Crippen LogP contribution in [0.4, 0.5) is 0 Å². The van der Waals surface area contributed by atoms with Crippen molar-refractivity contribution in [3.63, 3.8) is 0 Å². The Labute approximate surface area is 120 Å². The van der Waals surface area contributed by atoms with E-state index < -0.39 is 0 Å². The van der Waals surface area contributed by atoms with Crippen molar-refractivity contribution >= 4 is 34.8 Å². The Balaban J connectivity index is 2.58. The maximum absolute atomic E-state index is 8.80. The first-order valence-electron chi connectivity index (χ1n) is 5.09. The molecule has 0 bridgehead atoms. The lowest BCUT2D eigenvalue weighted by molar-refractivity contribution is 1.20. The Morgan fingerprint density at radius 2 is 1.83 bits per heavy atom. The number of nitriles is 1. The minimum atomic E-state index is 0.264. The van der Waals surface area contributed by atoms with Gasteiger partial charge in [-0.15, -0.1) is 0 Å². The van der Waals surface area contributed by atoms with Gasteiger partial charge in [0.15, 0.2) is 0 Å². The first-order chi connectivity index (χ1) is 8.61. The summed E-state index contributed by atoms with van der Waals surface area (Å²) in [7, 11) is 0. The van der Waals surface area contributed by atoms with E-state index in [0.29, 0.717) is 20.9 Å². The van der Waals surface area contributed by atoms with Gasteiger partial charge in [-0.2, -0.15) is 5.26 Å². The van der Waals surface area contributed by atoms with Crippen LogP contribution in [-0.2, 0) is 6.42 Å². The van der Waals surface area contributed by atoms with Crippen LogP contribution in [-0.4, -0.2) is 4.98 Å². The summed E-state index contributed by atoms with van der Waals surface area (Å²) in [4.78, 5) is 4.25. The van der Waals surface area contributed by atoms with Crippen molar-refractivity contribution in [3.8, 4) is 17.3 Å². The van der Waals surface area contributed by atoms with Crippen LogP contribution in [0.2, 0.25) is 15.2 Å². The molecule has 0 aliphatic heterocycles. The lowest BCUT2D eigenvalue weighted by atomic mass is 10.0. The van der Waals surface area contributed by atoms with Gasteiger partial charge in [0.2, 0.25) is 0 Å². The zero-order valence-electron chi connectivity index (χ0n) is 9.12. The molecule has 1 aromatic heterocycles. The second-order valence-corrected chi connectivity index (χ2v) is 4.81. The van der Waals surface area contributed by atoms with E-state index in [0.717, 1.165) is 11.1 Å². The van der Waals surface area contributed by atoms with Crippen LogP contribution in [0.3, 0.4) is 0 Å². The van der Waals surface area contributed by atoms with Crippen molar-refractivity contribution in [2.45, 2.75) is 6.42 Å². The van der Waals surface area contributed by atoms with E-state index >= 15 is 0 Å². The van der Waals surface area contributed by atoms with Gasteiger partial charge in [-0.25, -0.2) is 4.98 Å². The average Bonchev–Trinajstić information content (AvgIpc) is 2.35. The summed E-state index contributed by atoms with van der Waals surface area (Å²) in [5.74, 6) is 0. The summed E-state index contributed by atoms with van der Waals surface area (Å²) in [6.07, 6.45) is 0.264. The van der Waals surface area contributed by atoms with E-state index in [1.165, 1.54) is 0 Å². The van der Waals surface area contributed by atoms with E-state index in [4.69, 9.17) is 40.1 Å². The highest BCUT2D eigenvalue weighted by Crippen LogP contribution is 2.30. The van der Waals surface area contributed by atoms with Gasteiger partial charge in [-0.3, -0.25) is 0 Å².